The number of aryl methyl sites for hydroxylation is 1. The maximum Gasteiger partial charge on any atom is 0.260 e. The Labute approximate surface area is 92.1 Å². The molecule has 0 saturated heterocycles. The number of amides is 1. The van der Waals surface area contributed by atoms with E-state index in [1.807, 2.05) is 6.92 Å². The topological polar surface area (TPSA) is 78.0 Å². The van der Waals surface area contributed by atoms with Gasteiger partial charge < -0.3 is 10.4 Å². The minimum absolute atomic E-state index is 0.0392. The van der Waals surface area contributed by atoms with E-state index in [4.69, 9.17) is 0 Å². The van der Waals surface area contributed by atoms with Crippen LogP contribution in [0.1, 0.15) is 15.9 Å². The number of hydrogen-bond acceptors (Lipinski definition) is 3. The van der Waals surface area contributed by atoms with Crippen LogP contribution in [0, 0.1) is 6.92 Å². The van der Waals surface area contributed by atoms with Crippen LogP contribution < -0.4 is 5.32 Å². The van der Waals surface area contributed by atoms with Gasteiger partial charge in [0.15, 0.2) is 0 Å². The van der Waals surface area contributed by atoms with Crippen LogP contribution in [0.3, 0.4) is 0 Å². The standard InChI is InChI=1S/C11H11N3O2/c1-7-2-3-9(15)8(6-7)11(16)13-10-4-5-12-14-10/h2-6,15H,1H3,(H2,12,13,14,16). The van der Waals surface area contributed by atoms with Gasteiger partial charge in [0.1, 0.15) is 11.6 Å². The van der Waals surface area contributed by atoms with Crippen LogP contribution >= 0.6 is 0 Å². The SMILES string of the molecule is Cc1ccc(O)c(C(=O)Nc2ccn[nH]2)c1. The third-order valence-corrected chi connectivity index (χ3v) is 2.15. The van der Waals surface area contributed by atoms with E-state index >= 15 is 0 Å². The van der Waals surface area contributed by atoms with Crippen molar-refractivity contribution in [3.63, 3.8) is 0 Å². The number of benzene rings is 1. The molecule has 82 valence electrons. The molecule has 0 radical (unpaired) electrons. The molecule has 0 unspecified atom stereocenters. The first-order valence-electron chi connectivity index (χ1n) is 4.77. The molecule has 0 fully saturated rings. The molecular formula is C11H11N3O2. The van der Waals surface area contributed by atoms with Crippen LogP contribution in [0.4, 0.5) is 5.82 Å². The summed E-state index contributed by atoms with van der Waals surface area (Å²) in [4.78, 5) is 11.8. The molecular weight excluding hydrogens is 206 g/mol. The second kappa shape index (κ2) is 4.06. The molecule has 5 nitrogen and oxygen atoms in total. The molecule has 1 heterocycles. The highest BCUT2D eigenvalue weighted by Gasteiger charge is 2.11. The number of H-pyrrole nitrogens is 1. The number of anilines is 1. The Morgan fingerprint density at radius 3 is 2.94 bits per heavy atom. The maximum atomic E-state index is 11.8. The second-order valence-electron chi connectivity index (χ2n) is 3.45. The Kier molecular flexibility index (Phi) is 2.59. The summed E-state index contributed by atoms with van der Waals surface area (Å²) in [5, 5.41) is 18.5. The van der Waals surface area contributed by atoms with Crippen molar-refractivity contribution >= 4 is 11.7 Å². The van der Waals surface area contributed by atoms with Gasteiger partial charge in [-0.05, 0) is 19.1 Å². The van der Waals surface area contributed by atoms with Crippen LogP contribution in [-0.2, 0) is 0 Å². The summed E-state index contributed by atoms with van der Waals surface area (Å²) in [7, 11) is 0. The van der Waals surface area contributed by atoms with Crippen molar-refractivity contribution in [3.8, 4) is 5.75 Å². The van der Waals surface area contributed by atoms with Crippen molar-refractivity contribution < 1.29 is 9.90 Å². The van der Waals surface area contributed by atoms with E-state index in [1.165, 1.54) is 12.3 Å². The van der Waals surface area contributed by atoms with Gasteiger partial charge in [-0.15, -0.1) is 0 Å². The fraction of sp³-hybridized carbons (Fsp3) is 0.0909. The summed E-state index contributed by atoms with van der Waals surface area (Å²) in [6, 6.07) is 6.49. The molecule has 1 amide bonds. The van der Waals surface area contributed by atoms with Gasteiger partial charge in [0.05, 0.1) is 11.8 Å². The van der Waals surface area contributed by atoms with Gasteiger partial charge in [-0.25, -0.2) is 0 Å². The highest BCUT2D eigenvalue weighted by molar-refractivity contribution is 6.05. The van der Waals surface area contributed by atoms with Crippen molar-refractivity contribution in [1.82, 2.24) is 10.2 Å². The normalized spacial score (nSPS) is 10.1. The molecule has 5 heteroatoms. The third-order valence-electron chi connectivity index (χ3n) is 2.15. The number of carbonyl (C=O) groups is 1. The Morgan fingerprint density at radius 2 is 2.25 bits per heavy atom. The molecule has 2 aromatic rings. The van der Waals surface area contributed by atoms with E-state index in [1.54, 1.807) is 18.2 Å². The number of aromatic hydroxyl groups is 1. The fourth-order valence-electron chi connectivity index (χ4n) is 1.35. The number of nitrogens with one attached hydrogen (secondary N) is 2. The predicted octanol–water partition coefficient (Wildman–Crippen LogP) is 1.68. The Balaban J connectivity index is 2.24. The third kappa shape index (κ3) is 2.03. The lowest BCUT2D eigenvalue weighted by Gasteiger charge is -2.05. The number of rotatable bonds is 2. The summed E-state index contributed by atoms with van der Waals surface area (Å²) >= 11 is 0. The molecule has 16 heavy (non-hydrogen) atoms. The predicted molar refractivity (Wildman–Crippen MR) is 59.4 cm³/mol. The molecule has 1 aromatic heterocycles. The van der Waals surface area contributed by atoms with Crippen molar-refractivity contribution in [1.29, 1.82) is 0 Å². The number of phenols is 1. The summed E-state index contributed by atoms with van der Waals surface area (Å²) in [6.07, 6.45) is 1.53. The zero-order chi connectivity index (χ0) is 11.5. The lowest BCUT2D eigenvalue weighted by Crippen LogP contribution is -2.12. The molecule has 3 N–H and O–H groups in total. The van der Waals surface area contributed by atoms with Gasteiger partial charge in [-0.1, -0.05) is 11.6 Å². The zero-order valence-corrected chi connectivity index (χ0v) is 8.69. The van der Waals surface area contributed by atoms with Gasteiger partial charge in [0.25, 0.3) is 5.91 Å². The van der Waals surface area contributed by atoms with Gasteiger partial charge in [-0.2, -0.15) is 5.10 Å². The minimum atomic E-state index is -0.370. The van der Waals surface area contributed by atoms with Crippen LogP contribution in [0.5, 0.6) is 5.75 Å². The van der Waals surface area contributed by atoms with Gasteiger partial charge in [0, 0.05) is 6.07 Å². The number of carbonyl (C=O) groups excluding carboxylic acids is 1. The number of phenolic OH excluding ortho intramolecular Hbond substituents is 1. The van der Waals surface area contributed by atoms with Crippen LogP contribution in [0.25, 0.3) is 0 Å². The highest BCUT2D eigenvalue weighted by Crippen LogP contribution is 2.19. The fourth-order valence-corrected chi connectivity index (χ4v) is 1.35. The zero-order valence-electron chi connectivity index (χ0n) is 8.69. The van der Waals surface area contributed by atoms with Gasteiger partial charge in [-0.3, -0.25) is 9.89 Å². The quantitative estimate of drug-likeness (QED) is 0.716. The van der Waals surface area contributed by atoms with E-state index in [9.17, 15) is 9.90 Å². The number of aromatic nitrogens is 2. The largest absolute Gasteiger partial charge is 0.507 e. The van der Waals surface area contributed by atoms with Crippen LogP contribution in [0.2, 0.25) is 0 Å². The van der Waals surface area contributed by atoms with Gasteiger partial charge in [0.2, 0.25) is 0 Å². The first-order chi connectivity index (χ1) is 7.66. The summed E-state index contributed by atoms with van der Waals surface area (Å²) in [5.74, 6) is 0.0824. The average Bonchev–Trinajstić information content (AvgIpc) is 2.74. The molecule has 2 rings (SSSR count). The summed E-state index contributed by atoms with van der Waals surface area (Å²) in [6.45, 7) is 1.85. The van der Waals surface area contributed by atoms with Crippen LogP contribution in [0.15, 0.2) is 30.5 Å². The van der Waals surface area contributed by atoms with E-state index < -0.39 is 0 Å². The number of aromatic amines is 1. The van der Waals surface area contributed by atoms with Crippen molar-refractivity contribution in [2.24, 2.45) is 0 Å². The Bertz CT molecular complexity index is 506. The molecule has 0 aliphatic rings. The van der Waals surface area contributed by atoms with Crippen molar-refractivity contribution in [2.75, 3.05) is 5.32 Å². The molecule has 0 aliphatic carbocycles. The van der Waals surface area contributed by atoms with E-state index in [-0.39, 0.29) is 17.2 Å². The van der Waals surface area contributed by atoms with Crippen molar-refractivity contribution in [3.05, 3.63) is 41.6 Å². The first kappa shape index (κ1) is 10.2. The molecule has 0 aliphatic heterocycles. The molecule has 1 aromatic carbocycles. The average molecular weight is 217 g/mol. The summed E-state index contributed by atoms with van der Waals surface area (Å²) in [5.41, 5.74) is 1.15. The lowest BCUT2D eigenvalue weighted by atomic mass is 10.1. The smallest absolute Gasteiger partial charge is 0.260 e. The minimum Gasteiger partial charge on any atom is -0.507 e. The highest BCUT2D eigenvalue weighted by atomic mass is 16.3. The molecule has 0 saturated carbocycles. The molecule has 0 bridgehead atoms. The number of hydrogen-bond donors (Lipinski definition) is 3. The molecule has 0 atom stereocenters. The first-order valence-corrected chi connectivity index (χ1v) is 4.77. The Hall–Kier alpha value is -2.30. The van der Waals surface area contributed by atoms with Crippen LogP contribution in [-0.4, -0.2) is 21.2 Å². The lowest BCUT2D eigenvalue weighted by molar-refractivity contribution is 0.102. The second-order valence-corrected chi connectivity index (χ2v) is 3.45. The Morgan fingerprint density at radius 1 is 1.44 bits per heavy atom. The van der Waals surface area contributed by atoms with E-state index in [0.717, 1.165) is 5.56 Å². The molecule has 0 spiro atoms. The maximum absolute atomic E-state index is 11.8. The van der Waals surface area contributed by atoms with E-state index in [2.05, 4.69) is 15.5 Å². The van der Waals surface area contributed by atoms with E-state index in [0.29, 0.717) is 5.82 Å². The number of nitrogens with zero attached hydrogens (tertiary/aromatic N) is 1. The van der Waals surface area contributed by atoms with Crippen molar-refractivity contribution in [2.45, 2.75) is 6.92 Å². The monoisotopic (exact) mass is 217 g/mol. The summed E-state index contributed by atoms with van der Waals surface area (Å²) < 4.78 is 0. The van der Waals surface area contributed by atoms with Gasteiger partial charge >= 0.3 is 0 Å².